The summed E-state index contributed by atoms with van der Waals surface area (Å²) >= 11 is 0. The van der Waals surface area contributed by atoms with Gasteiger partial charge in [0.25, 0.3) is 5.69 Å². The first-order chi connectivity index (χ1) is 9.22. The van der Waals surface area contributed by atoms with Gasteiger partial charge in [-0.15, -0.1) is 0 Å². The Hall–Kier alpha value is -2.64. The smallest absolute Gasteiger partial charge is 0.325 e. The van der Waals surface area contributed by atoms with Crippen LogP contribution < -0.4 is 10.6 Å². The molecule has 1 aromatic rings. The molecule has 8 nitrogen and oxygen atoms in total. The zero-order valence-corrected chi connectivity index (χ0v) is 11.3. The Labute approximate surface area is 114 Å². The molecule has 8 heteroatoms. The number of carbonyl (C=O) groups is 2. The monoisotopic (exact) mass is 281 g/mol. The Morgan fingerprint density at radius 3 is 2.40 bits per heavy atom. The number of benzene rings is 1. The van der Waals surface area contributed by atoms with Crippen molar-refractivity contribution in [1.29, 1.82) is 0 Å². The predicted octanol–water partition coefficient (Wildman–Crippen LogP) is 1.81. The Balaban J connectivity index is 2.88. The van der Waals surface area contributed by atoms with E-state index in [1.165, 1.54) is 19.1 Å². The van der Waals surface area contributed by atoms with Crippen LogP contribution >= 0.6 is 0 Å². The number of hydrogen-bond donors (Lipinski definition) is 3. The van der Waals surface area contributed by atoms with E-state index >= 15 is 0 Å². The summed E-state index contributed by atoms with van der Waals surface area (Å²) in [4.78, 5) is 32.5. The molecular weight excluding hydrogens is 266 g/mol. The average molecular weight is 281 g/mol. The van der Waals surface area contributed by atoms with E-state index < -0.39 is 23.0 Å². The van der Waals surface area contributed by atoms with E-state index in [1.54, 1.807) is 13.8 Å². The molecule has 1 aromatic carbocycles. The number of carboxylic acids is 1. The molecule has 1 unspecified atom stereocenters. The Morgan fingerprint density at radius 1 is 1.30 bits per heavy atom. The number of amides is 2. The van der Waals surface area contributed by atoms with Gasteiger partial charge < -0.3 is 15.7 Å². The molecule has 0 aliphatic heterocycles. The third-order valence-electron chi connectivity index (χ3n) is 2.71. The summed E-state index contributed by atoms with van der Waals surface area (Å²) in [5.74, 6) is -1.16. The molecule has 2 amide bonds. The molecule has 3 N–H and O–H groups in total. The van der Waals surface area contributed by atoms with Crippen LogP contribution in [0.2, 0.25) is 0 Å². The lowest BCUT2D eigenvalue weighted by molar-refractivity contribution is -0.385. The quantitative estimate of drug-likeness (QED) is 0.574. The fourth-order valence-corrected chi connectivity index (χ4v) is 1.55. The summed E-state index contributed by atoms with van der Waals surface area (Å²) < 4.78 is 0. The zero-order chi connectivity index (χ0) is 15.4. The number of carbonyl (C=O) groups excluding carboxylic acids is 1. The zero-order valence-electron chi connectivity index (χ0n) is 11.3. The molecule has 0 aromatic heterocycles. The SMILES string of the molecule is Cc1cc([N+](=O)[O-])c(C)cc1NC(=O)NC(C)C(=O)O. The largest absolute Gasteiger partial charge is 0.480 e. The minimum Gasteiger partial charge on any atom is -0.480 e. The van der Waals surface area contributed by atoms with Crippen molar-refractivity contribution in [2.45, 2.75) is 26.8 Å². The number of anilines is 1. The van der Waals surface area contributed by atoms with Gasteiger partial charge in [0, 0.05) is 17.3 Å². The first-order valence-electron chi connectivity index (χ1n) is 5.78. The number of hydrogen-bond acceptors (Lipinski definition) is 4. The molecular formula is C12H15N3O5. The standard InChI is InChI=1S/C12H15N3O5/c1-6-5-10(15(19)20)7(2)4-9(6)14-12(18)13-8(3)11(16)17/h4-5,8H,1-3H3,(H,16,17)(H2,13,14,18). The first kappa shape index (κ1) is 15.4. The number of nitrogens with zero attached hydrogens (tertiary/aromatic N) is 1. The van der Waals surface area contributed by atoms with Crippen molar-refractivity contribution >= 4 is 23.4 Å². The van der Waals surface area contributed by atoms with Gasteiger partial charge in [0.15, 0.2) is 0 Å². The summed E-state index contributed by atoms with van der Waals surface area (Å²) in [6, 6.07) is 1.11. The number of carboxylic acid groups (broad SMARTS) is 1. The van der Waals surface area contributed by atoms with Gasteiger partial charge >= 0.3 is 12.0 Å². The van der Waals surface area contributed by atoms with Crippen molar-refractivity contribution in [2.24, 2.45) is 0 Å². The van der Waals surface area contributed by atoms with E-state index in [2.05, 4.69) is 10.6 Å². The minimum absolute atomic E-state index is 0.0348. The third kappa shape index (κ3) is 3.67. The fourth-order valence-electron chi connectivity index (χ4n) is 1.55. The van der Waals surface area contributed by atoms with Crippen molar-refractivity contribution in [1.82, 2.24) is 5.32 Å². The lowest BCUT2D eigenvalue weighted by atomic mass is 10.1. The van der Waals surface area contributed by atoms with E-state index in [4.69, 9.17) is 5.11 Å². The molecule has 20 heavy (non-hydrogen) atoms. The molecule has 0 aliphatic rings. The molecule has 1 rings (SSSR count). The van der Waals surface area contributed by atoms with Crippen LogP contribution in [0.5, 0.6) is 0 Å². The summed E-state index contributed by atoms with van der Waals surface area (Å²) in [5.41, 5.74) is 1.28. The van der Waals surface area contributed by atoms with Crippen LogP contribution in [-0.4, -0.2) is 28.1 Å². The van der Waals surface area contributed by atoms with Gasteiger partial charge in [0.05, 0.1) is 4.92 Å². The maximum atomic E-state index is 11.6. The Kier molecular flexibility index (Phi) is 4.63. The Morgan fingerprint density at radius 2 is 1.90 bits per heavy atom. The number of nitro groups is 1. The van der Waals surface area contributed by atoms with Crippen molar-refractivity contribution < 1.29 is 19.6 Å². The van der Waals surface area contributed by atoms with Gasteiger partial charge in [-0.1, -0.05) is 0 Å². The second kappa shape index (κ2) is 6.00. The lowest BCUT2D eigenvalue weighted by Gasteiger charge is -2.13. The second-order valence-electron chi connectivity index (χ2n) is 4.37. The van der Waals surface area contributed by atoms with Crippen LogP contribution in [-0.2, 0) is 4.79 Å². The first-order valence-corrected chi connectivity index (χ1v) is 5.78. The van der Waals surface area contributed by atoms with Crippen LogP contribution in [0.15, 0.2) is 12.1 Å². The molecule has 0 aliphatic carbocycles. The van der Waals surface area contributed by atoms with Crippen LogP contribution in [0.25, 0.3) is 0 Å². The van der Waals surface area contributed by atoms with Crippen LogP contribution in [0, 0.1) is 24.0 Å². The molecule has 0 radical (unpaired) electrons. The maximum absolute atomic E-state index is 11.6. The molecule has 0 saturated carbocycles. The van der Waals surface area contributed by atoms with Crippen molar-refractivity contribution in [3.8, 4) is 0 Å². The number of rotatable bonds is 4. The number of aryl methyl sites for hydroxylation is 2. The summed E-state index contributed by atoms with van der Waals surface area (Å²) in [7, 11) is 0. The van der Waals surface area contributed by atoms with E-state index in [9.17, 15) is 19.7 Å². The molecule has 0 bridgehead atoms. The number of nitrogens with one attached hydrogen (secondary N) is 2. The number of urea groups is 1. The summed E-state index contributed by atoms with van der Waals surface area (Å²) in [6.07, 6.45) is 0. The van der Waals surface area contributed by atoms with Crippen LogP contribution in [0.3, 0.4) is 0 Å². The van der Waals surface area contributed by atoms with Gasteiger partial charge in [0.1, 0.15) is 6.04 Å². The van der Waals surface area contributed by atoms with Gasteiger partial charge in [-0.2, -0.15) is 0 Å². The fraction of sp³-hybridized carbons (Fsp3) is 0.333. The van der Waals surface area contributed by atoms with E-state index in [0.29, 0.717) is 16.8 Å². The highest BCUT2D eigenvalue weighted by atomic mass is 16.6. The van der Waals surface area contributed by atoms with Crippen LogP contribution in [0.1, 0.15) is 18.1 Å². The van der Waals surface area contributed by atoms with Gasteiger partial charge in [0.2, 0.25) is 0 Å². The molecule has 0 spiro atoms. The van der Waals surface area contributed by atoms with Gasteiger partial charge in [-0.05, 0) is 32.4 Å². The summed E-state index contributed by atoms with van der Waals surface area (Å²) in [5, 5.41) is 24.1. The number of aliphatic carboxylic acids is 1. The highest BCUT2D eigenvalue weighted by Gasteiger charge is 2.17. The number of nitro benzene ring substituents is 1. The Bertz CT molecular complexity index is 570. The van der Waals surface area contributed by atoms with E-state index in [-0.39, 0.29) is 5.69 Å². The maximum Gasteiger partial charge on any atom is 0.325 e. The normalized spacial score (nSPS) is 11.6. The van der Waals surface area contributed by atoms with Crippen molar-refractivity contribution in [3.05, 3.63) is 33.4 Å². The minimum atomic E-state index is -1.16. The van der Waals surface area contributed by atoms with Crippen molar-refractivity contribution in [2.75, 3.05) is 5.32 Å². The molecule has 0 fully saturated rings. The highest BCUT2D eigenvalue weighted by Crippen LogP contribution is 2.25. The average Bonchev–Trinajstić information content (AvgIpc) is 2.32. The highest BCUT2D eigenvalue weighted by molar-refractivity contribution is 5.93. The molecule has 0 saturated heterocycles. The topological polar surface area (TPSA) is 122 Å². The lowest BCUT2D eigenvalue weighted by Crippen LogP contribution is -2.40. The molecule has 0 heterocycles. The van der Waals surface area contributed by atoms with E-state index in [1.807, 2.05) is 0 Å². The van der Waals surface area contributed by atoms with Crippen LogP contribution in [0.4, 0.5) is 16.2 Å². The van der Waals surface area contributed by atoms with Gasteiger partial charge in [-0.3, -0.25) is 14.9 Å². The molecule has 1 atom stereocenters. The van der Waals surface area contributed by atoms with E-state index in [0.717, 1.165) is 0 Å². The van der Waals surface area contributed by atoms with Gasteiger partial charge in [-0.25, -0.2) is 4.79 Å². The third-order valence-corrected chi connectivity index (χ3v) is 2.71. The summed E-state index contributed by atoms with van der Waals surface area (Å²) in [6.45, 7) is 4.50. The predicted molar refractivity (Wildman–Crippen MR) is 71.8 cm³/mol. The molecule has 108 valence electrons. The second-order valence-corrected chi connectivity index (χ2v) is 4.37. The van der Waals surface area contributed by atoms with Crippen molar-refractivity contribution in [3.63, 3.8) is 0 Å².